The van der Waals surface area contributed by atoms with Crippen LogP contribution in [0.4, 0.5) is 0 Å². The lowest BCUT2D eigenvalue weighted by molar-refractivity contribution is -0.895. The van der Waals surface area contributed by atoms with E-state index in [9.17, 15) is 4.79 Å². The average Bonchev–Trinajstić information content (AvgIpc) is 3.07. The summed E-state index contributed by atoms with van der Waals surface area (Å²) in [7, 11) is 1.96. The number of thiophene rings is 1. The molecule has 2 aromatic heterocycles. The van der Waals surface area contributed by atoms with Crippen LogP contribution in [0.2, 0.25) is 0 Å². The number of nitrogens with zero attached hydrogens (tertiary/aromatic N) is 2. The number of hydrogen-bond donors (Lipinski definition) is 3. The maximum atomic E-state index is 11.7. The van der Waals surface area contributed by atoms with Crippen LogP contribution in [-0.2, 0) is 11.5 Å². The highest BCUT2D eigenvalue weighted by Crippen LogP contribution is 2.20. The van der Waals surface area contributed by atoms with Crippen molar-refractivity contribution in [2.45, 2.75) is 20.0 Å². The molecule has 1 unspecified atom stereocenters. The lowest BCUT2D eigenvalue weighted by Gasteiger charge is -2.13. The van der Waals surface area contributed by atoms with Gasteiger partial charge in [-0.1, -0.05) is 13.0 Å². The van der Waals surface area contributed by atoms with Crippen LogP contribution in [0.5, 0.6) is 0 Å². The number of nitrogens with one attached hydrogen (secondary N) is 3. The molecule has 6 nitrogen and oxygen atoms in total. The predicted octanol–water partition coefficient (Wildman–Crippen LogP) is 0.668. The molecule has 0 aliphatic rings. The van der Waals surface area contributed by atoms with Gasteiger partial charge >= 0.3 is 0 Å². The van der Waals surface area contributed by atoms with Crippen molar-refractivity contribution in [3.05, 3.63) is 22.3 Å². The molecule has 0 radical (unpaired) electrons. The minimum absolute atomic E-state index is 0.0545. The van der Waals surface area contributed by atoms with Gasteiger partial charge in [0, 0.05) is 6.54 Å². The van der Waals surface area contributed by atoms with Gasteiger partial charge in [0.25, 0.3) is 5.91 Å². The second kappa shape index (κ2) is 7.48. The van der Waals surface area contributed by atoms with Crippen LogP contribution >= 0.6 is 23.6 Å². The quantitative estimate of drug-likeness (QED) is 0.655. The first-order valence-electron chi connectivity index (χ1n) is 6.89. The van der Waals surface area contributed by atoms with Crippen LogP contribution < -0.4 is 10.2 Å². The average molecular weight is 326 g/mol. The number of carbonyl (C=O) groups excluding carboxylic acids is 1. The van der Waals surface area contributed by atoms with E-state index in [0.29, 0.717) is 18.0 Å². The lowest BCUT2D eigenvalue weighted by atomic mass is 10.4. The van der Waals surface area contributed by atoms with E-state index in [1.165, 1.54) is 0 Å². The third-order valence-corrected chi connectivity index (χ3v) is 4.08. The number of H-pyrrole nitrogens is 1. The Kier molecular flexibility index (Phi) is 5.66. The SMILES string of the molecule is CCCNC(=O)C[NH+](C)Cn1[nH]c(-c2cccs2)nc1=S. The summed E-state index contributed by atoms with van der Waals surface area (Å²) in [5, 5.41) is 8.06. The zero-order valence-electron chi connectivity index (χ0n) is 12.2. The van der Waals surface area contributed by atoms with Crippen molar-refractivity contribution in [2.75, 3.05) is 20.1 Å². The molecule has 0 saturated carbocycles. The molecule has 0 aliphatic carbocycles. The molecule has 0 aliphatic heterocycles. The van der Waals surface area contributed by atoms with Crippen LogP contribution in [0.25, 0.3) is 10.7 Å². The first-order chi connectivity index (χ1) is 10.1. The van der Waals surface area contributed by atoms with Gasteiger partial charge in [-0.3, -0.25) is 9.89 Å². The van der Waals surface area contributed by atoms with Crippen molar-refractivity contribution in [1.82, 2.24) is 20.1 Å². The van der Waals surface area contributed by atoms with Gasteiger partial charge in [-0.15, -0.1) is 11.3 Å². The predicted molar refractivity (Wildman–Crippen MR) is 85.8 cm³/mol. The largest absolute Gasteiger partial charge is 0.351 e. The van der Waals surface area contributed by atoms with Crippen molar-refractivity contribution in [2.24, 2.45) is 0 Å². The second-order valence-corrected chi connectivity index (χ2v) is 6.21. The summed E-state index contributed by atoms with van der Waals surface area (Å²) < 4.78 is 2.30. The normalized spacial score (nSPS) is 12.3. The van der Waals surface area contributed by atoms with Crippen molar-refractivity contribution in [3.63, 3.8) is 0 Å². The van der Waals surface area contributed by atoms with Gasteiger partial charge in [0.2, 0.25) is 4.77 Å². The number of carbonyl (C=O) groups is 1. The maximum Gasteiger partial charge on any atom is 0.275 e. The molecule has 1 atom stereocenters. The fourth-order valence-electron chi connectivity index (χ4n) is 1.91. The Labute approximate surface area is 132 Å². The van der Waals surface area contributed by atoms with Crippen LogP contribution in [0.1, 0.15) is 13.3 Å². The Morgan fingerprint density at radius 3 is 3.10 bits per heavy atom. The molecule has 0 aromatic carbocycles. The Bertz CT molecular complexity index is 631. The highest BCUT2D eigenvalue weighted by atomic mass is 32.1. The molecule has 0 saturated heterocycles. The molecule has 114 valence electrons. The van der Waals surface area contributed by atoms with Crippen LogP contribution in [0, 0.1) is 4.77 Å². The smallest absolute Gasteiger partial charge is 0.275 e. The van der Waals surface area contributed by atoms with Gasteiger partial charge in [0.05, 0.1) is 11.9 Å². The molecule has 3 N–H and O–H groups in total. The van der Waals surface area contributed by atoms with E-state index in [-0.39, 0.29) is 5.91 Å². The van der Waals surface area contributed by atoms with E-state index in [2.05, 4.69) is 15.4 Å². The summed E-state index contributed by atoms with van der Waals surface area (Å²) >= 11 is 6.87. The van der Waals surface area contributed by atoms with Crippen molar-refractivity contribution in [1.29, 1.82) is 0 Å². The van der Waals surface area contributed by atoms with E-state index in [1.54, 1.807) is 16.0 Å². The second-order valence-electron chi connectivity index (χ2n) is 4.90. The summed E-state index contributed by atoms with van der Waals surface area (Å²) in [4.78, 5) is 18.1. The Balaban J connectivity index is 1.97. The van der Waals surface area contributed by atoms with Crippen molar-refractivity contribution >= 4 is 29.5 Å². The summed E-state index contributed by atoms with van der Waals surface area (Å²) in [5.74, 6) is 0.831. The van der Waals surface area contributed by atoms with Crippen molar-refractivity contribution < 1.29 is 9.69 Å². The van der Waals surface area contributed by atoms with Crippen LogP contribution in [-0.4, -0.2) is 40.8 Å². The third kappa shape index (κ3) is 4.48. The molecular formula is C13H20N5OS2+. The minimum atomic E-state index is 0.0545. The molecule has 8 heteroatoms. The first kappa shape index (κ1) is 15.9. The summed E-state index contributed by atoms with van der Waals surface area (Å²) in [6, 6.07) is 3.97. The highest BCUT2D eigenvalue weighted by Gasteiger charge is 2.12. The molecular weight excluding hydrogens is 306 g/mol. The van der Waals surface area contributed by atoms with E-state index in [1.807, 2.05) is 31.5 Å². The van der Waals surface area contributed by atoms with E-state index in [0.717, 1.165) is 28.6 Å². The topological polar surface area (TPSA) is 67.2 Å². The maximum absolute atomic E-state index is 11.7. The third-order valence-electron chi connectivity index (χ3n) is 2.90. The van der Waals surface area contributed by atoms with Crippen LogP contribution in [0.15, 0.2) is 17.5 Å². The van der Waals surface area contributed by atoms with Gasteiger partial charge in [0.15, 0.2) is 19.0 Å². The molecule has 21 heavy (non-hydrogen) atoms. The fraction of sp³-hybridized carbons (Fsp3) is 0.462. The standard InChI is InChI=1S/C13H19N5OS2/c1-3-6-14-11(19)8-17(2)9-18-13(20)15-12(16-18)10-5-4-7-21-10/h4-5,7H,3,6,8-9H2,1-2H3,(H,14,19)(H,15,16,20)/p+1. The number of quaternary nitrogens is 1. The number of aromatic nitrogens is 3. The van der Waals surface area contributed by atoms with Gasteiger partial charge in [0.1, 0.15) is 0 Å². The summed E-state index contributed by atoms with van der Waals surface area (Å²) in [6.45, 7) is 3.75. The van der Waals surface area contributed by atoms with E-state index >= 15 is 0 Å². The number of likely N-dealkylation sites (N-methyl/N-ethyl adjacent to an activating group) is 1. The van der Waals surface area contributed by atoms with Gasteiger partial charge in [-0.2, -0.15) is 4.98 Å². The molecule has 2 aromatic rings. The Morgan fingerprint density at radius 2 is 2.43 bits per heavy atom. The van der Waals surface area contributed by atoms with Crippen molar-refractivity contribution in [3.8, 4) is 10.7 Å². The molecule has 2 heterocycles. The van der Waals surface area contributed by atoms with Gasteiger partial charge in [-0.05, 0) is 30.1 Å². The zero-order valence-corrected chi connectivity index (χ0v) is 13.8. The fourth-order valence-corrected chi connectivity index (χ4v) is 2.78. The summed E-state index contributed by atoms with van der Waals surface area (Å²) in [6.07, 6.45) is 0.945. The highest BCUT2D eigenvalue weighted by molar-refractivity contribution is 7.71. The first-order valence-corrected chi connectivity index (χ1v) is 8.17. The molecule has 1 amide bonds. The van der Waals surface area contributed by atoms with Gasteiger partial charge < -0.3 is 10.2 Å². The van der Waals surface area contributed by atoms with E-state index < -0.39 is 0 Å². The lowest BCUT2D eigenvalue weighted by Crippen LogP contribution is -3.09. The Hall–Kier alpha value is -1.51. The number of amides is 1. The molecule has 0 bridgehead atoms. The zero-order chi connectivity index (χ0) is 15.2. The Morgan fingerprint density at radius 1 is 1.62 bits per heavy atom. The number of aromatic amines is 1. The van der Waals surface area contributed by atoms with Crippen LogP contribution in [0.3, 0.4) is 0 Å². The number of rotatable bonds is 7. The number of hydrogen-bond acceptors (Lipinski definition) is 4. The molecule has 2 rings (SSSR count). The van der Waals surface area contributed by atoms with Gasteiger partial charge in [-0.25, -0.2) is 4.68 Å². The molecule has 0 fully saturated rings. The monoisotopic (exact) mass is 326 g/mol. The molecule has 0 spiro atoms. The van der Waals surface area contributed by atoms with E-state index in [4.69, 9.17) is 12.2 Å². The minimum Gasteiger partial charge on any atom is -0.351 e. The summed E-state index contributed by atoms with van der Waals surface area (Å²) in [5.41, 5.74) is 0.